The Morgan fingerprint density at radius 2 is 2.17 bits per heavy atom. The fraction of sp³-hybridized carbons (Fsp3) is 0.667. The molecule has 1 aliphatic rings. The Balaban J connectivity index is 1.79. The number of nitrogens with zero attached hydrogens (tertiary/aromatic N) is 1. The fourth-order valence-corrected chi connectivity index (χ4v) is 1.90. The van der Waals surface area contributed by atoms with Gasteiger partial charge in [0.05, 0.1) is 6.61 Å². The van der Waals surface area contributed by atoms with Crippen molar-refractivity contribution in [3.8, 4) is 5.88 Å². The van der Waals surface area contributed by atoms with Crippen LogP contribution >= 0.6 is 0 Å². The molecule has 1 aliphatic carbocycles. The number of aryl methyl sites for hydroxylation is 1. The molecular formula is C15H24N2O. The van der Waals surface area contributed by atoms with Crippen molar-refractivity contribution in [2.24, 2.45) is 0 Å². The Morgan fingerprint density at radius 3 is 2.83 bits per heavy atom. The van der Waals surface area contributed by atoms with Crippen molar-refractivity contribution in [1.29, 1.82) is 0 Å². The van der Waals surface area contributed by atoms with E-state index in [0.29, 0.717) is 0 Å². The van der Waals surface area contributed by atoms with Crippen molar-refractivity contribution >= 4 is 0 Å². The second-order valence-electron chi connectivity index (χ2n) is 5.10. The lowest BCUT2D eigenvalue weighted by Gasteiger charge is -2.09. The first-order valence-electron chi connectivity index (χ1n) is 7.12. The zero-order chi connectivity index (χ0) is 12.8. The summed E-state index contributed by atoms with van der Waals surface area (Å²) < 4.78 is 5.65. The summed E-state index contributed by atoms with van der Waals surface area (Å²) in [6, 6.07) is 4.87. The normalized spacial score (nSPS) is 14.8. The molecule has 0 amide bonds. The van der Waals surface area contributed by atoms with Crippen LogP contribution in [0.4, 0.5) is 0 Å². The lowest BCUT2D eigenvalue weighted by atomic mass is 10.2. The third-order valence-electron chi connectivity index (χ3n) is 3.33. The Morgan fingerprint density at radius 1 is 1.33 bits per heavy atom. The average molecular weight is 248 g/mol. The van der Waals surface area contributed by atoms with E-state index in [1.54, 1.807) is 0 Å². The van der Waals surface area contributed by atoms with Crippen molar-refractivity contribution < 1.29 is 4.74 Å². The lowest BCUT2D eigenvalue weighted by Crippen LogP contribution is -2.16. The molecule has 18 heavy (non-hydrogen) atoms. The number of rotatable bonds is 8. The molecule has 0 unspecified atom stereocenters. The molecule has 0 bridgehead atoms. The van der Waals surface area contributed by atoms with E-state index < -0.39 is 0 Å². The van der Waals surface area contributed by atoms with Crippen molar-refractivity contribution in [3.63, 3.8) is 0 Å². The molecule has 1 N–H and O–H groups in total. The summed E-state index contributed by atoms with van der Waals surface area (Å²) in [7, 11) is 0. The third kappa shape index (κ3) is 4.30. The van der Waals surface area contributed by atoms with Gasteiger partial charge in [0.1, 0.15) is 0 Å². The molecule has 0 aliphatic heterocycles. The molecule has 0 aromatic carbocycles. The maximum atomic E-state index is 5.65. The van der Waals surface area contributed by atoms with Crippen LogP contribution in [-0.2, 0) is 6.54 Å². The maximum Gasteiger partial charge on any atom is 0.213 e. The van der Waals surface area contributed by atoms with Gasteiger partial charge in [0.25, 0.3) is 0 Å². The fourth-order valence-electron chi connectivity index (χ4n) is 1.90. The summed E-state index contributed by atoms with van der Waals surface area (Å²) in [5.41, 5.74) is 2.36. The van der Waals surface area contributed by atoms with Gasteiger partial charge in [-0.1, -0.05) is 25.8 Å². The molecule has 3 heteroatoms. The third-order valence-corrected chi connectivity index (χ3v) is 3.33. The molecular weight excluding hydrogens is 224 g/mol. The Hall–Kier alpha value is -1.09. The van der Waals surface area contributed by atoms with Crippen LogP contribution in [-0.4, -0.2) is 17.6 Å². The van der Waals surface area contributed by atoms with Gasteiger partial charge in [-0.2, -0.15) is 0 Å². The van der Waals surface area contributed by atoms with Gasteiger partial charge >= 0.3 is 0 Å². The number of pyridine rings is 1. The van der Waals surface area contributed by atoms with Gasteiger partial charge < -0.3 is 10.1 Å². The molecule has 0 atom stereocenters. The molecule has 1 fully saturated rings. The molecule has 0 saturated heterocycles. The number of hydrogen-bond acceptors (Lipinski definition) is 3. The average Bonchev–Trinajstić information content (AvgIpc) is 3.18. The van der Waals surface area contributed by atoms with Crippen LogP contribution in [0.5, 0.6) is 5.88 Å². The van der Waals surface area contributed by atoms with E-state index in [1.165, 1.54) is 31.2 Å². The van der Waals surface area contributed by atoms with Gasteiger partial charge in [-0.05, 0) is 31.7 Å². The van der Waals surface area contributed by atoms with Crippen LogP contribution in [0.25, 0.3) is 0 Å². The SMILES string of the molecule is CCCCCOc1ccc(CNC2CC2)c(C)n1. The Bertz CT molecular complexity index is 375. The van der Waals surface area contributed by atoms with Crippen LogP contribution in [0, 0.1) is 6.92 Å². The highest BCUT2D eigenvalue weighted by atomic mass is 16.5. The molecule has 1 heterocycles. The summed E-state index contributed by atoms with van der Waals surface area (Å²) >= 11 is 0. The minimum absolute atomic E-state index is 0.745. The molecule has 1 aromatic rings. The van der Waals surface area contributed by atoms with E-state index in [9.17, 15) is 0 Å². The smallest absolute Gasteiger partial charge is 0.213 e. The summed E-state index contributed by atoms with van der Waals surface area (Å²) in [6.07, 6.45) is 6.21. The zero-order valence-electron chi connectivity index (χ0n) is 11.5. The van der Waals surface area contributed by atoms with Crippen LogP contribution < -0.4 is 10.1 Å². The molecule has 0 radical (unpaired) electrons. The van der Waals surface area contributed by atoms with Crippen LogP contribution in [0.2, 0.25) is 0 Å². The van der Waals surface area contributed by atoms with Gasteiger partial charge in [-0.15, -0.1) is 0 Å². The topological polar surface area (TPSA) is 34.1 Å². The van der Waals surface area contributed by atoms with Gasteiger partial charge in [0, 0.05) is 24.3 Å². The Kier molecular flexibility index (Phi) is 5.00. The van der Waals surface area contributed by atoms with Gasteiger partial charge in [0.15, 0.2) is 0 Å². The van der Waals surface area contributed by atoms with Crippen molar-refractivity contribution in [2.45, 2.75) is 58.5 Å². The molecule has 100 valence electrons. The highest BCUT2D eigenvalue weighted by Crippen LogP contribution is 2.20. The van der Waals surface area contributed by atoms with Crippen molar-refractivity contribution in [1.82, 2.24) is 10.3 Å². The van der Waals surface area contributed by atoms with E-state index in [4.69, 9.17) is 4.74 Å². The molecule has 2 rings (SSSR count). The highest BCUT2D eigenvalue weighted by molar-refractivity contribution is 5.25. The number of ether oxygens (including phenoxy) is 1. The summed E-state index contributed by atoms with van der Waals surface area (Å²) in [6.45, 7) is 5.96. The predicted octanol–water partition coefficient (Wildman–Crippen LogP) is 3.21. The summed E-state index contributed by atoms with van der Waals surface area (Å²) in [4.78, 5) is 4.51. The predicted molar refractivity (Wildman–Crippen MR) is 73.9 cm³/mol. The van der Waals surface area contributed by atoms with Crippen molar-refractivity contribution in [2.75, 3.05) is 6.61 Å². The standard InChI is InChI=1S/C15H24N2O/c1-3-4-5-10-18-15-9-6-13(12(2)17-15)11-16-14-7-8-14/h6,9,14,16H,3-5,7-8,10-11H2,1-2H3. The highest BCUT2D eigenvalue weighted by Gasteiger charge is 2.20. The van der Waals surface area contributed by atoms with Gasteiger partial charge in [0.2, 0.25) is 5.88 Å². The van der Waals surface area contributed by atoms with Gasteiger partial charge in [-0.3, -0.25) is 0 Å². The largest absolute Gasteiger partial charge is 0.478 e. The van der Waals surface area contributed by atoms with Crippen molar-refractivity contribution in [3.05, 3.63) is 23.4 Å². The summed E-state index contributed by atoms with van der Waals surface area (Å²) in [5, 5.41) is 3.51. The first kappa shape index (κ1) is 13.3. The maximum absolute atomic E-state index is 5.65. The molecule has 1 aromatic heterocycles. The molecule has 0 spiro atoms. The monoisotopic (exact) mass is 248 g/mol. The van der Waals surface area contributed by atoms with E-state index in [-0.39, 0.29) is 0 Å². The summed E-state index contributed by atoms with van der Waals surface area (Å²) in [5.74, 6) is 0.763. The number of aromatic nitrogens is 1. The number of unbranched alkanes of at least 4 members (excludes halogenated alkanes) is 2. The van der Waals surface area contributed by atoms with E-state index in [1.807, 2.05) is 6.07 Å². The molecule has 1 saturated carbocycles. The van der Waals surface area contributed by atoms with E-state index in [0.717, 1.165) is 37.2 Å². The lowest BCUT2D eigenvalue weighted by molar-refractivity contribution is 0.294. The number of nitrogens with one attached hydrogen (secondary N) is 1. The minimum Gasteiger partial charge on any atom is -0.478 e. The second kappa shape index (κ2) is 6.74. The molecule has 3 nitrogen and oxygen atoms in total. The van der Waals surface area contributed by atoms with Crippen LogP contribution in [0.1, 0.15) is 50.3 Å². The quantitative estimate of drug-likeness (QED) is 0.717. The number of hydrogen-bond donors (Lipinski definition) is 1. The van der Waals surface area contributed by atoms with E-state index in [2.05, 4.69) is 30.2 Å². The first-order valence-corrected chi connectivity index (χ1v) is 7.12. The van der Waals surface area contributed by atoms with Gasteiger partial charge in [-0.25, -0.2) is 4.98 Å². The van der Waals surface area contributed by atoms with Crippen LogP contribution in [0.15, 0.2) is 12.1 Å². The zero-order valence-corrected chi connectivity index (χ0v) is 11.5. The second-order valence-corrected chi connectivity index (χ2v) is 5.10. The Labute approximate surface area is 110 Å². The van der Waals surface area contributed by atoms with E-state index >= 15 is 0 Å². The minimum atomic E-state index is 0.745. The first-order chi connectivity index (χ1) is 8.79. The van der Waals surface area contributed by atoms with Crippen LogP contribution in [0.3, 0.4) is 0 Å².